The summed E-state index contributed by atoms with van der Waals surface area (Å²) < 4.78 is 0. The first-order chi connectivity index (χ1) is 9.63. The first-order valence-electron chi connectivity index (χ1n) is 6.67. The second-order valence-corrected chi connectivity index (χ2v) is 5.78. The lowest BCUT2D eigenvalue weighted by Crippen LogP contribution is -2.40. The van der Waals surface area contributed by atoms with Crippen LogP contribution in [0.4, 0.5) is 5.82 Å². The van der Waals surface area contributed by atoms with Gasteiger partial charge in [0.1, 0.15) is 23.0 Å². The molecule has 3 rings (SSSR count). The highest BCUT2D eigenvalue weighted by Gasteiger charge is 2.48. The highest BCUT2D eigenvalue weighted by atomic mass is 35.5. The van der Waals surface area contributed by atoms with Crippen LogP contribution in [0.25, 0.3) is 0 Å². The summed E-state index contributed by atoms with van der Waals surface area (Å²) in [6.07, 6.45) is 4.59. The van der Waals surface area contributed by atoms with Crippen LogP contribution in [-0.2, 0) is 4.79 Å². The number of carboxylic acids is 1. The van der Waals surface area contributed by atoms with E-state index in [0.29, 0.717) is 23.8 Å². The number of pyridine rings is 1. The number of aliphatic carboxylic acids is 1. The molecule has 0 bridgehead atoms. The van der Waals surface area contributed by atoms with Gasteiger partial charge in [0.25, 0.3) is 0 Å². The minimum absolute atomic E-state index is 0.163. The van der Waals surface area contributed by atoms with Gasteiger partial charge in [-0.25, -0.2) is 9.78 Å². The maximum Gasteiger partial charge on any atom is 0.326 e. The molecule has 0 amide bonds. The molecular weight excluding hydrogens is 278 g/mol. The number of hydrogen-bond donors (Lipinski definition) is 1. The molecule has 0 spiro atoms. The Morgan fingerprint density at radius 3 is 3.05 bits per heavy atom. The van der Waals surface area contributed by atoms with Crippen molar-refractivity contribution >= 4 is 23.4 Å². The first kappa shape index (κ1) is 13.2. The molecule has 0 aromatic carbocycles. The van der Waals surface area contributed by atoms with Gasteiger partial charge in [0, 0.05) is 12.7 Å². The largest absolute Gasteiger partial charge is 0.480 e. The van der Waals surface area contributed by atoms with Gasteiger partial charge in [0.05, 0.1) is 5.56 Å². The van der Waals surface area contributed by atoms with Crippen LogP contribution in [-0.4, -0.2) is 28.6 Å². The van der Waals surface area contributed by atoms with Crippen LogP contribution in [0.3, 0.4) is 0 Å². The van der Waals surface area contributed by atoms with Crippen LogP contribution in [0.5, 0.6) is 0 Å². The Labute approximate surface area is 121 Å². The fourth-order valence-electron chi connectivity index (χ4n) is 3.56. The minimum Gasteiger partial charge on any atom is -0.480 e. The van der Waals surface area contributed by atoms with Gasteiger partial charge in [-0.15, -0.1) is 0 Å². The molecule has 1 aromatic rings. The molecule has 20 heavy (non-hydrogen) atoms. The molecule has 3 atom stereocenters. The van der Waals surface area contributed by atoms with Crippen molar-refractivity contribution in [1.82, 2.24) is 4.98 Å². The fourth-order valence-corrected chi connectivity index (χ4v) is 3.82. The third-order valence-electron chi connectivity index (χ3n) is 4.41. The molecule has 2 fully saturated rings. The van der Waals surface area contributed by atoms with Crippen molar-refractivity contribution in [2.75, 3.05) is 11.4 Å². The molecular formula is C14H14ClN3O2. The Hall–Kier alpha value is -1.80. The number of anilines is 1. The Bertz CT molecular complexity index is 599. The molecule has 2 aliphatic rings. The van der Waals surface area contributed by atoms with Gasteiger partial charge in [-0.05, 0) is 30.7 Å². The summed E-state index contributed by atoms with van der Waals surface area (Å²) in [7, 11) is 0. The SMILES string of the molecule is N#Cc1ccnc(N2CC3CCCC3C2C(=O)O)c1Cl. The number of aromatic nitrogens is 1. The number of hydrogen-bond acceptors (Lipinski definition) is 4. The Morgan fingerprint density at radius 2 is 2.35 bits per heavy atom. The van der Waals surface area contributed by atoms with E-state index in [1.165, 1.54) is 6.20 Å². The van der Waals surface area contributed by atoms with Crippen molar-refractivity contribution in [1.29, 1.82) is 5.26 Å². The number of rotatable bonds is 2. The Balaban J connectivity index is 2.02. The average molecular weight is 292 g/mol. The monoisotopic (exact) mass is 291 g/mol. The van der Waals surface area contributed by atoms with Crippen LogP contribution >= 0.6 is 11.6 Å². The van der Waals surface area contributed by atoms with E-state index in [-0.39, 0.29) is 10.9 Å². The molecule has 0 radical (unpaired) electrons. The number of nitrogens with zero attached hydrogens (tertiary/aromatic N) is 3. The zero-order valence-electron chi connectivity index (χ0n) is 10.8. The quantitative estimate of drug-likeness (QED) is 0.904. The van der Waals surface area contributed by atoms with Crippen LogP contribution in [0, 0.1) is 23.2 Å². The molecule has 1 aliphatic carbocycles. The van der Waals surface area contributed by atoms with Gasteiger partial charge >= 0.3 is 5.97 Å². The molecule has 104 valence electrons. The van der Waals surface area contributed by atoms with Crippen LogP contribution < -0.4 is 4.90 Å². The molecule has 1 saturated heterocycles. The topological polar surface area (TPSA) is 77.2 Å². The average Bonchev–Trinajstić information content (AvgIpc) is 2.98. The first-order valence-corrected chi connectivity index (χ1v) is 7.05. The van der Waals surface area contributed by atoms with Crippen molar-refractivity contribution in [3.05, 3.63) is 22.8 Å². The van der Waals surface area contributed by atoms with Gasteiger partial charge < -0.3 is 10.0 Å². The van der Waals surface area contributed by atoms with Crippen LogP contribution in [0.1, 0.15) is 24.8 Å². The lowest BCUT2D eigenvalue weighted by atomic mass is 9.94. The summed E-state index contributed by atoms with van der Waals surface area (Å²) in [6, 6.07) is 2.97. The second-order valence-electron chi connectivity index (χ2n) is 5.40. The van der Waals surface area contributed by atoms with Crippen molar-refractivity contribution in [2.45, 2.75) is 25.3 Å². The zero-order valence-corrected chi connectivity index (χ0v) is 11.5. The number of halogens is 1. The van der Waals surface area contributed by atoms with Crippen molar-refractivity contribution in [3.8, 4) is 6.07 Å². The highest BCUT2D eigenvalue weighted by molar-refractivity contribution is 6.34. The summed E-state index contributed by atoms with van der Waals surface area (Å²) in [6.45, 7) is 0.656. The second kappa shape index (κ2) is 4.95. The molecule has 6 heteroatoms. The third-order valence-corrected chi connectivity index (χ3v) is 4.78. The zero-order chi connectivity index (χ0) is 14.3. The molecule has 1 saturated carbocycles. The van der Waals surface area contributed by atoms with Gasteiger partial charge in [-0.3, -0.25) is 0 Å². The number of fused-ring (bicyclic) bond motifs is 1. The van der Waals surface area contributed by atoms with E-state index in [4.69, 9.17) is 16.9 Å². The third kappa shape index (κ3) is 1.92. The molecule has 5 nitrogen and oxygen atoms in total. The number of carbonyl (C=O) groups is 1. The van der Waals surface area contributed by atoms with Crippen LogP contribution in [0.15, 0.2) is 12.3 Å². The van der Waals surface area contributed by atoms with Crippen molar-refractivity contribution < 1.29 is 9.90 Å². The molecule has 3 unspecified atom stereocenters. The number of nitriles is 1. The van der Waals surface area contributed by atoms with E-state index in [2.05, 4.69) is 4.98 Å². The van der Waals surface area contributed by atoms with E-state index in [9.17, 15) is 9.90 Å². The normalized spacial score (nSPS) is 28.2. The molecule has 1 aliphatic heterocycles. The van der Waals surface area contributed by atoms with Gasteiger partial charge in [0.2, 0.25) is 0 Å². The standard InChI is InChI=1S/C14H14ClN3O2/c15-11-8(6-16)4-5-17-13(11)18-7-9-2-1-3-10(9)12(18)14(19)20/h4-5,9-10,12H,1-3,7H2,(H,19,20). The Morgan fingerprint density at radius 1 is 1.55 bits per heavy atom. The number of carboxylic acid groups (broad SMARTS) is 1. The van der Waals surface area contributed by atoms with Crippen LogP contribution in [0.2, 0.25) is 5.02 Å². The van der Waals surface area contributed by atoms with Crippen molar-refractivity contribution in [2.24, 2.45) is 11.8 Å². The predicted molar refractivity (Wildman–Crippen MR) is 73.6 cm³/mol. The smallest absolute Gasteiger partial charge is 0.326 e. The summed E-state index contributed by atoms with van der Waals surface area (Å²) in [4.78, 5) is 17.6. The summed E-state index contributed by atoms with van der Waals surface area (Å²) in [5.74, 6) is 0.142. The molecule has 1 N–H and O–H groups in total. The van der Waals surface area contributed by atoms with Gasteiger partial charge in [-0.1, -0.05) is 18.0 Å². The predicted octanol–water partition coefficient (Wildman–Crippen LogP) is 2.30. The summed E-state index contributed by atoms with van der Waals surface area (Å²) in [5.41, 5.74) is 0.331. The lowest BCUT2D eigenvalue weighted by molar-refractivity contribution is -0.139. The van der Waals surface area contributed by atoms with E-state index in [1.54, 1.807) is 11.0 Å². The van der Waals surface area contributed by atoms with E-state index in [0.717, 1.165) is 19.3 Å². The van der Waals surface area contributed by atoms with Gasteiger partial charge in [0.15, 0.2) is 0 Å². The maximum absolute atomic E-state index is 11.6. The van der Waals surface area contributed by atoms with Crippen molar-refractivity contribution in [3.63, 3.8) is 0 Å². The minimum atomic E-state index is -0.834. The summed E-state index contributed by atoms with van der Waals surface area (Å²) in [5, 5.41) is 18.8. The van der Waals surface area contributed by atoms with E-state index in [1.807, 2.05) is 6.07 Å². The maximum atomic E-state index is 11.6. The molecule has 1 aromatic heterocycles. The van der Waals surface area contributed by atoms with E-state index < -0.39 is 12.0 Å². The fraction of sp³-hybridized carbons (Fsp3) is 0.500. The van der Waals surface area contributed by atoms with Gasteiger partial charge in [-0.2, -0.15) is 5.26 Å². The Kier molecular flexibility index (Phi) is 3.27. The highest BCUT2D eigenvalue weighted by Crippen LogP contribution is 2.45. The molecule has 2 heterocycles. The van der Waals surface area contributed by atoms with E-state index >= 15 is 0 Å². The lowest BCUT2D eigenvalue weighted by Gasteiger charge is -2.26. The summed E-state index contributed by atoms with van der Waals surface area (Å²) >= 11 is 6.20.